The highest BCUT2D eigenvalue weighted by Crippen LogP contribution is 2.29. The van der Waals surface area contributed by atoms with Gasteiger partial charge in [0, 0.05) is 19.3 Å². The number of nitrogen functional groups attached to an aromatic ring is 1. The third kappa shape index (κ3) is 4.46. The number of ether oxygens (including phenoxy) is 1. The second kappa shape index (κ2) is 7.45. The standard InChI is InChI=1S/C15H26N4O2/c1-11(2)21-9-5-8-17-15(20)14-13(16)10-19(18-14)12-6-3-4-7-12/h10-12H,3-9,16H2,1-2H3,(H,17,20). The minimum absolute atomic E-state index is 0.200. The molecular formula is C15H26N4O2. The molecule has 118 valence electrons. The Morgan fingerprint density at radius 3 is 2.90 bits per heavy atom. The van der Waals surface area contributed by atoms with Crippen LogP contribution in [-0.4, -0.2) is 34.9 Å². The molecule has 1 aliphatic rings. The number of rotatable bonds is 7. The zero-order chi connectivity index (χ0) is 15.2. The van der Waals surface area contributed by atoms with Gasteiger partial charge in [-0.25, -0.2) is 0 Å². The topological polar surface area (TPSA) is 82.2 Å². The first-order chi connectivity index (χ1) is 10.1. The van der Waals surface area contributed by atoms with E-state index < -0.39 is 0 Å². The molecule has 1 fully saturated rings. The fourth-order valence-electron chi connectivity index (χ4n) is 2.61. The Labute approximate surface area is 126 Å². The normalized spacial score (nSPS) is 15.8. The van der Waals surface area contributed by atoms with Gasteiger partial charge in [-0.15, -0.1) is 0 Å². The van der Waals surface area contributed by atoms with Crippen LogP contribution in [0.25, 0.3) is 0 Å². The number of aromatic nitrogens is 2. The summed E-state index contributed by atoms with van der Waals surface area (Å²) in [6.45, 7) is 5.20. The van der Waals surface area contributed by atoms with E-state index in [1.54, 1.807) is 6.20 Å². The van der Waals surface area contributed by atoms with Crippen molar-refractivity contribution in [2.45, 2.75) is 58.1 Å². The molecule has 0 unspecified atom stereocenters. The molecule has 0 aliphatic heterocycles. The minimum atomic E-state index is -0.200. The maximum atomic E-state index is 12.1. The van der Waals surface area contributed by atoms with Crippen LogP contribution < -0.4 is 11.1 Å². The zero-order valence-electron chi connectivity index (χ0n) is 13.0. The van der Waals surface area contributed by atoms with Crippen molar-refractivity contribution in [2.24, 2.45) is 0 Å². The van der Waals surface area contributed by atoms with Crippen LogP contribution in [0.15, 0.2) is 6.20 Å². The molecule has 6 heteroatoms. The molecule has 0 saturated heterocycles. The van der Waals surface area contributed by atoms with Crippen molar-refractivity contribution in [2.75, 3.05) is 18.9 Å². The second-order valence-electron chi connectivity index (χ2n) is 5.88. The zero-order valence-corrected chi connectivity index (χ0v) is 13.0. The van der Waals surface area contributed by atoms with Gasteiger partial charge in [-0.05, 0) is 33.1 Å². The molecule has 2 rings (SSSR count). The highest BCUT2D eigenvalue weighted by molar-refractivity contribution is 5.96. The van der Waals surface area contributed by atoms with E-state index in [0.717, 1.165) is 19.3 Å². The molecule has 1 aromatic rings. The van der Waals surface area contributed by atoms with E-state index in [-0.39, 0.29) is 12.0 Å². The molecule has 0 aromatic carbocycles. The average Bonchev–Trinajstić information content (AvgIpc) is 3.06. The van der Waals surface area contributed by atoms with Crippen LogP contribution in [0.5, 0.6) is 0 Å². The molecule has 1 heterocycles. The van der Waals surface area contributed by atoms with Crippen molar-refractivity contribution < 1.29 is 9.53 Å². The van der Waals surface area contributed by atoms with Crippen molar-refractivity contribution in [1.82, 2.24) is 15.1 Å². The molecule has 0 atom stereocenters. The Balaban J connectivity index is 1.81. The summed E-state index contributed by atoms with van der Waals surface area (Å²) in [5.41, 5.74) is 6.71. The summed E-state index contributed by atoms with van der Waals surface area (Å²) in [6.07, 6.45) is 7.48. The van der Waals surface area contributed by atoms with Crippen molar-refractivity contribution in [3.8, 4) is 0 Å². The van der Waals surface area contributed by atoms with Gasteiger partial charge < -0.3 is 15.8 Å². The molecule has 1 aliphatic carbocycles. The Hall–Kier alpha value is -1.56. The quantitative estimate of drug-likeness (QED) is 0.755. The lowest BCUT2D eigenvalue weighted by Crippen LogP contribution is -2.27. The first kappa shape index (κ1) is 15.8. The summed E-state index contributed by atoms with van der Waals surface area (Å²) in [6, 6.07) is 0.397. The van der Waals surface area contributed by atoms with Gasteiger partial charge in [-0.3, -0.25) is 9.48 Å². The number of nitrogens with zero attached hydrogens (tertiary/aromatic N) is 2. The largest absolute Gasteiger partial charge is 0.396 e. The van der Waals surface area contributed by atoms with Crippen LogP contribution >= 0.6 is 0 Å². The molecule has 0 radical (unpaired) electrons. The Morgan fingerprint density at radius 1 is 1.52 bits per heavy atom. The van der Waals surface area contributed by atoms with Crippen LogP contribution in [0.4, 0.5) is 5.69 Å². The second-order valence-corrected chi connectivity index (χ2v) is 5.88. The van der Waals surface area contributed by atoms with E-state index in [1.165, 1.54) is 12.8 Å². The van der Waals surface area contributed by atoms with Gasteiger partial charge in [0.25, 0.3) is 5.91 Å². The summed E-state index contributed by atoms with van der Waals surface area (Å²) in [5.74, 6) is -0.200. The number of hydrogen-bond donors (Lipinski definition) is 2. The smallest absolute Gasteiger partial charge is 0.273 e. The van der Waals surface area contributed by atoms with Crippen LogP contribution in [-0.2, 0) is 4.74 Å². The highest BCUT2D eigenvalue weighted by Gasteiger charge is 2.21. The number of amides is 1. The first-order valence-corrected chi connectivity index (χ1v) is 7.82. The van der Waals surface area contributed by atoms with E-state index >= 15 is 0 Å². The van der Waals surface area contributed by atoms with Crippen LogP contribution in [0.1, 0.15) is 62.5 Å². The highest BCUT2D eigenvalue weighted by atomic mass is 16.5. The molecule has 1 saturated carbocycles. The molecule has 3 N–H and O–H groups in total. The van der Waals surface area contributed by atoms with Gasteiger partial charge in [-0.2, -0.15) is 5.10 Å². The molecule has 0 spiro atoms. The molecule has 6 nitrogen and oxygen atoms in total. The third-order valence-electron chi connectivity index (χ3n) is 3.73. The molecular weight excluding hydrogens is 268 g/mol. The maximum absolute atomic E-state index is 12.1. The number of carbonyl (C=O) groups excluding carboxylic acids is 1. The van der Waals surface area contributed by atoms with Gasteiger partial charge in [0.2, 0.25) is 0 Å². The lowest BCUT2D eigenvalue weighted by Gasteiger charge is -2.09. The molecule has 1 aromatic heterocycles. The van der Waals surface area contributed by atoms with E-state index in [1.807, 2.05) is 18.5 Å². The van der Waals surface area contributed by atoms with Gasteiger partial charge in [0.05, 0.1) is 17.8 Å². The van der Waals surface area contributed by atoms with Crippen LogP contribution in [0.3, 0.4) is 0 Å². The fraction of sp³-hybridized carbons (Fsp3) is 0.733. The van der Waals surface area contributed by atoms with Gasteiger partial charge in [-0.1, -0.05) is 12.8 Å². The van der Waals surface area contributed by atoms with E-state index in [4.69, 9.17) is 10.5 Å². The monoisotopic (exact) mass is 294 g/mol. The Kier molecular flexibility index (Phi) is 5.61. The van der Waals surface area contributed by atoms with Crippen LogP contribution in [0, 0.1) is 0 Å². The number of anilines is 1. The summed E-state index contributed by atoms with van der Waals surface area (Å²) < 4.78 is 7.29. The summed E-state index contributed by atoms with van der Waals surface area (Å²) in [5, 5.41) is 7.21. The predicted octanol–water partition coefficient (Wildman–Crippen LogP) is 2.13. The molecule has 21 heavy (non-hydrogen) atoms. The average molecular weight is 294 g/mol. The van der Waals surface area contributed by atoms with E-state index in [9.17, 15) is 4.79 Å². The molecule has 1 amide bonds. The SMILES string of the molecule is CC(C)OCCCNC(=O)c1nn(C2CCCC2)cc1N. The van der Waals surface area contributed by atoms with Gasteiger partial charge in [0.15, 0.2) is 5.69 Å². The Bertz CT molecular complexity index is 464. The number of nitrogens with one attached hydrogen (secondary N) is 1. The van der Waals surface area contributed by atoms with E-state index in [0.29, 0.717) is 30.6 Å². The lowest BCUT2D eigenvalue weighted by atomic mass is 10.3. The predicted molar refractivity (Wildman–Crippen MR) is 82.2 cm³/mol. The fourth-order valence-corrected chi connectivity index (χ4v) is 2.61. The third-order valence-corrected chi connectivity index (χ3v) is 3.73. The lowest BCUT2D eigenvalue weighted by molar-refractivity contribution is 0.0756. The number of nitrogens with two attached hydrogens (primary N) is 1. The summed E-state index contributed by atoms with van der Waals surface area (Å²) >= 11 is 0. The first-order valence-electron chi connectivity index (χ1n) is 7.82. The van der Waals surface area contributed by atoms with Gasteiger partial charge >= 0.3 is 0 Å². The van der Waals surface area contributed by atoms with Gasteiger partial charge in [0.1, 0.15) is 0 Å². The van der Waals surface area contributed by atoms with Crippen molar-refractivity contribution >= 4 is 11.6 Å². The summed E-state index contributed by atoms with van der Waals surface area (Å²) in [7, 11) is 0. The summed E-state index contributed by atoms with van der Waals surface area (Å²) in [4.78, 5) is 12.1. The minimum Gasteiger partial charge on any atom is -0.396 e. The number of hydrogen-bond acceptors (Lipinski definition) is 4. The van der Waals surface area contributed by atoms with E-state index in [2.05, 4.69) is 10.4 Å². The van der Waals surface area contributed by atoms with Crippen molar-refractivity contribution in [3.05, 3.63) is 11.9 Å². The maximum Gasteiger partial charge on any atom is 0.273 e. The molecule has 0 bridgehead atoms. The van der Waals surface area contributed by atoms with Crippen molar-refractivity contribution in [1.29, 1.82) is 0 Å². The van der Waals surface area contributed by atoms with Crippen LogP contribution in [0.2, 0.25) is 0 Å². The van der Waals surface area contributed by atoms with Crippen molar-refractivity contribution in [3.63, 3.8) is 0 Å². The Morgan fingerprint density at radius 2 is 2.24 bits per heavy atom. The number of carbonyl (C=O) groups is 1.